The highest BCUT2D eigenvalue weighted by Gasteiger charge is 2.33. The van der Waals surface area contributed by atoms with E-state index in [1.165, 1.54) is 25.7 Å². The largest absolute Gasteiger partial charge is 0.497 e. The number of guanidine groups is 1. The first-order valence-electron chi connectivity index (χ1n) is 11.1. The summed E-state index contributed by atoms with van der Waals surface area (Å²) in [5, 5.41) is 9.56. The van der Waals surface area contributed by atoms with Crippen molar-refractivity contribution in [2.45, 2.75) is 46.0 Å². The zero-order valence-electron chi connectivity index (χ0n) is 19.2. The van der Waals surface area contributed by atoms with E-state index in [9.17, 15) is 4.79 Å². The second-order valence-corrected chi connectivity index (χ2v) is 7.76. The van der Waals surface area contributed by atoms with Gasteiger partial charge in [0.15, 0.2) is 5.96 Å². The average molecular weight is 546 g/mol. The molecule has 0 heterocycles. The van der Waals surface area contributed by atoms with Crippen molar-refractivity contribution in [2.75, 3.05) is 46.5 Å². The molecule has 1 aromatic carbocycles. The van der Waals surface area contributed by atoms with Crippen molar-refractivity contribution in [3.63, 3.8) is 0 Å². The van der Waals surface area contributed by atoms with Crippen LogP contribution in [-0.4, -0.2) is 58.4 Å². The van der Waals surface area contributed by atoms with Gasteiger partial charge >= 0.3 is 0 Å². The maximum atomic E-state index is 12.2. The van der Waals surface area contributed by atoms with E-state index in [-0.39, 0.29) is 35.3 Å². The zero-order chi connectivity index (χ0) is 21.7. The van der Waals surface area contributed by atoms with Crippen LogP contribution in [0, 0.1) is 5.41 Å². The van der Waals surface area contributed by atoms with Crippen molar-refractivity contribution in [3.05, 3.63) is 29.8 Å². The van der Waals surface area contributed by atoms with Crippen LogP contribution in [0.3, 0.4) is 0 Å². The molecule has 31 heavy (non-hydrogen) atoms. The molecule has 7 nitrogen and oxygen atoms in total. The number of carbonyl (C=O) groups excluding carboxylic acids is 1. The Hall–Kier alpha value is -1.55. The maximum absolute atomic E-state index is 12.2. The quantitative estimate of drug-likeness (QED) is 0.162. The molecular weight excluding hydrogens is 507 g/mol. The molecule has 0 radical (unpaired) electrons. The molecule has 0 atom stereocenters. The number of halogens is 1. The fourth-order valence-electron chi connectivity index (χ4n) is 3.84. The molecule has 1 aliphatic carbocycles. The summed E-state index contributed by atoms with van der Waals surface area (Å²) in [5.74, 6) is 1.45. The van der Waals surface area contributed by atoms with Crippen molar-refractivity contribution in [3.8, 4) is 5.75 Å². The molecular formula is C23H39IN4O3. The molecule has 8 heteroatoms. The highest BCUT2D eigenvalue weighted by atomic mass is 127. The fraction of sp³-hybridized carbons (Fsp3) is 0.652. The van der Waals surface area contributed by atoms with Gasteiger partial charge in [-0.15, -0.1) is 24.0 Å². The minimum Gasteiger partial charge on any atom is -0.497 e. The normalized spacial score (nSPS) is 15.1. The predicted molar refractivity (Wildman–Crippen MR) is 137 cm³/mol. The smallest absolute Gasteiger partial charge is 0.251 e. The lowest BCUT2D eigenvalue weighted by Gasteiger charge is -2.27. The van der Waals surface area contributed by atoms with Crippen LogP contribution < -0.4 is 20.7 Å². The van der Waals surface area contributed by atoms with E-state index in [1.807, 2.05) is 6.92 Å². The summed E-state index contributed by atoms with van der Waals surface area (Å²) in [7, 11) is 1.61. The Labute approximate surface area is 204 Å². The lowest BCUT2D eigenvalue weighted by molar-refractivity contribution is 0.0954. The van der Waals surface area contributed by atoms with E-state index >= 15 is 0 Å². The lowest BCUT2D eigenvalue weighted by atomic mass is 9.83. The van der Waals surface area contributed by atoms with Crippen LogP contribution in [0.5, 0.6) is 5.75 Å². The summed E-state index contributed by atoms with van der Waals surface area (Å²) in [6.07, 6.45) is 6.08. The molecule has 1 saturated carbocycles. The Morgan fingerprint density at radius 2 is 1.74 bits per heavy atom. The molecule has 0 saturated heterocycles. The first-order chi connectivity index (χ1) is 14.6. The predicted octanol–water partition coefficient (Wildman–Crippen LogP) is 3.59. The number of rotatable bonds is 12. The Morgan fingerprint density at radius 1 is 1.06 bits per heavy atom. The van der Waals surface area contributed by atoms with Gasteiger partial charge in [0.2, 0.25) is 0 Å². The van der Waals surface area contributed by atoms with E-state index in [0.717, 1.165) is 44.4 Å². The van der Waals surface area contributed by atoms with Crippen molar-refractivity contribution >= 4 is 35.8 Å². The summed E-state index contributed by atoms with van der Waals surface area (Å²) in [6, 6.07) is 7.09. The first kappa shape index (κ1) is 27.5. The number of carbonyl (C=O) groups is 1. The minimum absolute atomic E-state index is 0. The summed E-state index contributed by atoms with van der Waals surface area (Å²) in [6.45, 7) is 8.43. The van der Waals surface area contributed by atoms with E-state index in [0.29, 0.717) is 18.7 Å². The number of methoxy groups -OCH3 is 1. The molecule has 176 valence electrons. The van der Waals surface area contributed by atoms with Crippen LogP contribution >= 0.6 is 24.0 Å². The number of ether oxygens (including phenoxy) is 2. The van der Waals surface area contributed by atoms with Crippen LogP contribution in [0.2, 0.25) is 0 Å². The van der Waals surface area contributed by atoms with Gasteiger partial charge in [-0.3, -0.25) is 9.79 Å². The second-order valence-electron chi connectivity index (χ2n) is 7.76. The summed E-state index contributed by atoms with van der Waals surface area (Å²) in [5.41, 5.74) is 0.883. The lowest BCUT2D eigenvalue weighted by Crippen LogP contribution is -2.42. The Bertz CT molecular complexity index is 661. The number of amides is 1. The number of hydrogen-bond acceptors (Lipinski definition) is 4. The highest BCUT2D eigenvalue weighted by molar-refractivity contribution is 14.0. The topological polar surface area (TPSA) is 84.0 Å². The molecule has 0 unspecified atom stereocenters. The summed E-state index contributed by atoms with van der Waals surface area (Å²) < 4.78 is 10.7. The third-order valence-corrected chi connectivity index (χ3v) is 5.62. The average Bonchev–Trinajstić information content (AvgIpc) is 3.24. The molecule has 0 aliphatic heterocycles. The van der Waals surface area contributed by atoms with Crippen LogP contribution in [0.15, 0.2) is 29.3 Å². The number of hydrogen-bond donors (Lipinski definition) is 3. The monoisotopic (exact) mass is 546 g/mol. The minimum atomic E-state index is -0.0952. The number of benzene rings is 1. The zero-order valence-corrected chi connectivity index (χ0v) is 21.5. The van der Waals surface area contributed by atoms with Gasteiger partial charge in [-0.25, -0.2) is 0 Å². The van der Waals surface area contributed by atoms with Gasteiger partial charge in [0.25, 0.3) is 5.91 Å². The standard InChI is InChI=1S/C23H38N4O3.HI/c1-4-24-22(27-18-23(12-6-7-13-23)14-17-30-5-2)26-16-15-25-21(28)19-8-10-20(29-3)11-9-19;/h8-11H,4-7,12-18H2,1-3H3,(H,25,28)(H2,24,26,27);1H. The van der Waals surface area contributed by atoms with Gasteiger partial charge in [0.1, 0.15) is 5.75 Å². The SMILES string of the molecule is CCNC(=NCC1(CCOCC)CCCC1)NCCNC(=O)c1ccc(OC)cc1.I. The number of nitrogens with zero attached hydrogens (tertiary/aromatic N) is 1. The van der Waals surface area contributed by atoms with Crippen LogP contribution in [0.4, 0.5) is 0 Å². The number of nitrogens with one attached hydrogen (secondary N) is 3. The second kappa shape index (κ2) is 15.3. The van der Waals surface area contributed by atoms with Gasteiger partial charge in [-0.2, -0.15) is 0 Å². The van der Waals surface area contributed by atoms with Crippen molar-refractivity contribution in [2.24, 2.45) is 10.4 Å². The molecule has 0 aromatic heterocycles. The Morgan fingerprint density at radius 3 is 2.35 bits per heavy atom. The molecule has 1 aliphatic rings. The Balaban J connectivity index is 0.00000480. The van der Waals surface area contributed by atoms with Gasteiger partial charge in [-0.05, 0) is 62.8 Å². The third kappa shape index (κ3) is 9.64. The summed E-state index contributed by atoms with van der Waals surface area (Å²) in [4.78, 5) is 17.1. The van der Waals surface area contributed by atoms with Crippen molar-refractivity contribution in [1.29, 1.82) is 0 Å². The van der Waals surface area contributed by atoms with Crippen molar-refractivity contribution < 1.29 is 14.3 Å². The third-order valence-electron chi connectivity index (χ3n) is 5.62. The van der Waals surface area contributed by atoms with Gasteiger partial charge in [-0.1, -0.05) is 12.8 Å². The molecule has 1 aromatic rings. The Kier molecular flexibility index (Phi) is 13.6. The van der Waals surface area contributed by atoms with Crippen LogP contribution in [-0.2, 0) is 4.74 Å². The highest BCUT2D eigenvalue weighted by Crippen LogP contribution is 2.41. The van der Waals surface area contributed by atoms with E-state index in [2.05, 4.69) is 22.9 Å². The fourth-order valence-corrected chi connectivity index (χ4v) is 3.84. The molecule has 2 rings (SSSR count). The maximum Gasteiger partial charge on any atom is 0.251 e. The molecule has 1 amide bonds. The molecule has 1 fully saturated rings. The van der Waals surface area contributed by atoms with Crippen LogP contribution in [0.25, 0.3) is 0 Å². The molecule has 0 bridgehead atoms. The number of aliphatic imine (C=N–C) groups is 1. The van der Waals surface area contributed by atoms with Crippen LogP contribution in [0.1, 0.15) is 56.3 Å². The molecule has 0 spiro atoms. The van der Waals surface area contributed by atoms with Gasteiger partial charge < -0.3 is 25.4 Å². The van der Waals surface area contributed by atoms with E-state index in [1.54, 1.807) is 31.4 Å². The van der Waals surface area contributed by atoms with E-state index < -0.39 is 0 Å². The van der Waals surface area contributed by atoms with Gasteiger partial charge in [0, 0.05) is 45.0 Å². The van der Waals surface area contributed by atoms with Crippen molar-refractivity contribution in [1.82, 2.24) is 16.0 Å². The van der Waals surface area contributed by atoms with E-state index in [4.69, 9.17) is 14.5 Å². The van der Waals surface area contributed by atoms with Gasteiger partial charge in [0.05, 0.1) is 7.11 Å². The molecule has 3 N–H and O–H groups in total. The summed E-state index contributed by atoms with van der Waals surface area (Å²) >= 11 is 0. The first-order valence-corrected chi connectivity index (χ1v) is 11.1.